The molecule has 0 aromatic heterocycles. The van der Waals surface area contributed by atoms with Crippen molar-refractivity contribution in [2.75, 3.05) is 0 Å². The third-order valence-corrected chi connectivity index (χ3v) is 0. The minimum absolute atomic E-state index is 0. The summed E-state index contributed by atoms with van der Waals surface area (Å²) in [6.07, 6.45) is 0. The van der Waals surface area contributed by atoms with E-state index in [0.29, 0.717) is 0 Å². The summed E-state index contributed by atoms with van der Waals surface area (Å²) in [7, 11) is 0. The molecule has 0 aromatic rings. The van der Waals surface area contributed by atoms with Gasteiger partial charge in [0.25, 0.3) is 0 Å². The van der Waals surface area contributed by atoms with E-state index in [1.807, 2.05) is 0 Å². The van der Waals surface area contributed by atoms with Crippen LogP contribution in [-0.4, -0.2) is 0 Å². The molecule has 0 N–H and O–H groups in total. The average molecular weight is 221 g/mol. The summed E-state index contributed by atoms with van der Waals surface area (Å²) in [6, 6.07) is 0. The Morgan fingerprint density at radius 2 is 0.600 bits per heavy atom. The second-order valence-corrected chi connectivity index (χ2v) is 0. The van der Waals surface area contributed by atoms with E-state index in [9.17, 15) is 0 Å². The smallest absolute Gasteiger partial charge is 0 e. The molecule has 0 aromatic carbocycles. The van der Waals surface area contributed by atoms with E-state index in [4.69, 9.17) is 0 Å². The summed E-state index contributed by atoms with van der Waals surface area (Å²) in [5.74, 6) is 0. The van der Waals surface area contributed by atoms with Gasteiger partial charge in [0.15, 0.2) is 0 Å². The van der Waals surface area contributed by atoms with E-state index in [-0.39, 0.29) is 76.0 Å². The maximum atomic E-state index is 0. The molecule has 0 bridgehead atoms. The van der Waals surface area contributed by atoms with Crippen molar-refractivity contribution in [1.29, 1.82) is 0 Å². The van der Waals surface area contributed by atoms with Crippen molar-refractivity contribution < 1.29 is 38.8 Å². The van der Waals surface area contributed by atoms with Crippen LogP contribution in [0, 0.1) is 0 Å². The minimum Gasteiger partial charge on any atom is -0.147 e. The van der Waals surface area contributed by atoms with Crippen molar-refractivity contribution in [3.05, 3.63) is 0 Å². The molecule has 39 valence electrons. The van der Waals surface area contributed by atoms with Crippen molar-refractivity contribution in [2.45, 2.75) is 0 Å². The maximum Gasteiger partial charge on any atom is 0 e. The third-order valence-electron chi connectivity index (χ3n) is 0. The summed E-state index contributed by atoms with van der Waals surface area (Å²) in [4.78, 5) is 0. The van der Waals surface area contributed by atoms with E-state index >= 15 is 0 Å². The Kier molecular flexibility index (Phi) is 430. The van der Waals surface area contributed by atoms with Gasteiger partial charge < -0.3 is 0 Å². The predicted octanol–water partition coefficient (Wildman–Crippen LogP) is 1.26. The third kappa shape index (κ3) is 23.2. The fourth-order valence-electron chi connectivity index (χ4n) is 0. The van der Waals surface area contributed by atoms with Gasteiger partial charge in [-0.3, -0.25) is 0 Å². The van der Waals surface area contributed by atoms with Crippen LogP contribution >= 0.6 is 37.2 Å². The summed E-state index contributed by atoms with van der Waals surface area (Å²) in [5.41, 5.74) is 0. The molecule has 1 radical (unpaired) electrons. The topological polar surface area (TPSA) is 0 Å². The maximum absolute atomic E-state index is 0. The summed E-state index contributed by atoms with van der Waals surface area (Å²) in [5, 5.41) is 0. The van der Waals surface area contributed by atoms with Crippen LogP contribution in [0.4, 0.5) is 0 Å². The van der Waals surface area contributed by atoms with Gasteiger partial charge in [-0.05, 0) is 0 Å². The molecule has 0 aliphatic rings. The molecule has 5 heteroatoms. The van der Waals surface area contributed by atoms with Gasteiger partial charge in [0.05, 0.1) is 0 Å². The molecule has 5 heavy (non-hydrogen) atoms. The van der Waals surface area contributed by atoms with Crippen LogP contribution in [0.15, 0.2) is 0 Å². The van der Waals surface area contributed by atoms with Crippen molar-refractivity contribution in [3.8, 4) is 0 Å². The average Bonchev–Trinajstić information content (AvgIpc) is 0. The molecular weight excluding hydrogens is 218 g/mol. The van der Waals surface area contributed by atoms with Crippen LogP contribution in [0.5, 0.6) is 0 Å². The molecule has 0 heterocycles. The SMILES string of the molecule is Cl.Cl.Cl.[Cu].[Ti]. The van der Waals surface area contributed by atoms with Crippen molar-refractivity contribution in [1.82, 2.24) is 0 Å². The standard InChI is InChI=1S/3ClH.Cu.Ti/h3*1H;;. The van der Waals surface area contributed by atoms with Gasteiger partial charge in [0, 0.05) is 38.8 Å². The van der Waals surface area contributed by atoms with Crippen molar-refractivity contribution in [2.24, 2.45) is 0 Å². The molecule has 0 rings (SSSR count). The van der Waals surface area contributed by atoms with Crippen LogP contribution in [-0.2, 0) is 38.8 Å². The first-order valence-corrected chi connectivity index (χ1v) is 0. The Morgan fingerprint density at radius 1 is 0.600 bits per heavy atom. The van der Waals surface area contributed by atoms with Crippen LogP contribution in [0.1, 0.15) is 0 Å². The van der Waals surface area contributed by atoms with Gasteiger partial charge in [0.2, 0.25) is 0 Å². The van der Waals surface area contributed by atoms with E-state index < -0.39 is 0 Å². The van der Waals surface area contributed by atoms with E-state index in [1.54, 1.807) is 0 Å². The predicted molar refractivity (Wildman–Crippen MR) is 21.7 cm³/mol. The Bertz CT molecular complexity index is 6.85. The minimum atomic E-state index is 0. The molecule has 0 saturated carbocycles. The van der Waals surface area contributed by atoms with Crippen LogP contribution in [0.2, 0.25) is 0 Å². The zero-order chi connectivity index (χ0) is 0. The zero-order valence-electron chi connectivity index (χ0n) is 2.03. The van der Waals surface area contributed by atoms with Crippen molar-refractivity contribution >= 4 is 37.2 Å². The fraction of sp³-hybridized carbons (Fsp3) is 0. The van der Waals surface area contributed by atoms with E-state index in [0.717, 1.165) is 0 Å². The molecule has 0 unspecified atom stereocenters. The molecule has 0 amide bonds. The first-order chi connectivity index (χ1) is 0. The Balaban J connectivity index is 0. The van der Waals surface area contributed by atoms with Gasteiger partial charge in [0.1, 0.15) is 0 Å². The van der Waals surface area contributed by atoms with E-state index in [2.05, 4.69) is 0 Å². The number of halogens is 3. The Hall–Kier alpha value is 2.10. The number of hydrogen-bond donors (Lipinski definition) is 0. The molecular formula is H3Cl3CuTi. The first kappa shape index (κ1) is 59.8. The van der Waals surface area contributed by atoms with Gasteiger partial charge in [-0.2, -0.15) is 0 Å². The molecule has 0 fully saturated rings. The summed E-state index contributed by atoms with van der Waals surface area (Å²) in [6.45, 7) is 0. The zero-order valence-corrected chi connectivity index (χ0v) is 6.98. The summed E-state index contributed by atoms with van der Waals surface area (Å²) >= 11 is 0. The molecule has 0 aliphatic heterocycles. The van der Waals surface area contributed by atoms with Gasteiger partial charge in [-0.1, -0.05) is 0 Å². The second-order valence-electron chi connectivity index (χ2n) is 0. The second kappa shape index (κ2) is 35.9. The van der Waals surface area contributed by atoms with E-state index in [1.165, 1.54) is 0 Å². The molecule has 0 nitrogen and oxygen atoms in total. The largest absolute Gasteiger partial charge is 0.147 e. The first-order valence-electron chi connectivity index (χ1n) is 0. The molecule has 0 spiro atoms. The molecule has 0 saturated heterocycles. The Morgan fingerprint density at radius 3 is 0.600 bits per heavy atom. The van der Waals surface area contributed by atoms with Gasteiger partial charge in [-0.25, -0.2) is 0 Å². The van der Waals surface area contributed by atoms with Crippen molar-refractivity contribution in [3.63, 3.8) is 0 Å². The molecule has 0 atom stereocenters. The van der Waals surface area contributed by atoms with Gasteiger partial charge in [-0.15, -0.1) is 37.2 Å². The number of hydrogen-bond acceptors (Lipinski definition) is 0. The summed E-state index contributed by atoms with van der Waals surface area (Å²) < 4.78 is 0. The van der Waals surface area contributed by atoms with Crippen LogP contribution < -0.4 is 0 Å². The fourth-order valence-corrected chi connectivity index (χ4v) is 0. The van der Waals surface area contributed by atoms with Crippen LogP contribution in [0.3, 0.4) is 0 Å². The quantitative estimate of drug-likeness (QED) is 0.540. The van der Waals surface area contributed by atoms with Gasteiger partial charge >= 0.3 is 0 Å². The normalized spacial score (nSPS) is 0. The molecule has 0 aliphatic carbocycles. The number of rotatable bonds is 0. The van der Waals surface area contributed by atoms with Crippen LogP contribution in [0.25, 0.3) is 0 Å². The monoisotopic (exact) mass is 219 g/mol. The Labute approximate surface area is 75.4 Å².